The van der Waals surface area contributed by atoms with E-state index in [1.807, 2.05) is 6.07 Å². The standard InChI is InChI=1S/C12H8N6OS2/c13-4-5-3-6-7(14)8(21-11(6)17-9(5)15)10(19)18-12-16-1-2-20-12/h1-3H,14H2,(H2,15,17)(H,16,18,19). The number of amides is 1. The second-order valence-electron chi connectivity index (χ2n) is 4.02. The first kappa shape index (κ1) is 13.3. The van der Waals surface area contributed by atoms with Crippen molar-refractivity contribution in [2.24, 2.45) is 0 Å². The lowest BCUT2D eigenvalue weighted by Gasteiger charge is -1.99. The van der Waals surface area contributed by atoms with E-state index >= 15 is 0 Å². The fourth-order valence-electron chi connectivity index (χ4n) is 1.75. The van der Waals surface area contributed by atoms with Crippen LogP contribution in [0.25, 0.3) is 10.2 Å². The van der Waals surface area contributed by atoms with E-state index in [4.69, 9.17) is 16.7 Å². The number of hydrogen-bond donors (Lipinski definition) is 3. The van der Waals surface area contributed by atoms with Gasteiger partial charge in [0.15, 0.2) is 5.13 Å². The number of anilines is 3. The zero-order chi connectivity index (χ0) is 15.0. The summed E-state index contributed by atoms with van der Waals surface area (Å²) in [6.07, 6.45) is 1.59. The molecule has 0 aromatic carbocycles. The van der Waals surface area contributed by atoms with Gasteiger partial charge in [-0.3, -0.25) is 10.1 Å². The molecule has 3 aromatic heterocycles. The van der Waals surface area contributed by atoms with Gasteiger partial charge in [0.2, 0.25) is 0 Å². The summed E-state index contributed by atoms with van der Waals surface area (Å²) in [6.45, 7) is 0. The molecule has 0 spiro atoms. The van der Waals surface area contributed by atoms with Crippen molar-refractivity contribution in [3.63, 3.8) is 0 Å². The van der Waals surface area contributed by atoms with Crippen LogP contribution in [0.2, 0.25) is 0 Å². The number of hydrogen-bond acceptors (Lipinski definition) is 8. The lowest BCUT2D eigenvalue weighted by Crippen LogP contribution is -2.11. The number of rotatable bonds is 2. The van der Waals surface area contributed by atoms with Gasteiger partial charge < -0.3 is 11.5 Å². The average molecular weight is 316 g/mol. The van der Waals surface area contributed by atoms with E-state index in [1.165, 1.54) is 11.3 Å². The molecule has 3 aromatic rings. The predicted molar refractivity (Wildman–Crippen MR) is 83.2 cm³/mol. The van der Waals surface area contributed by atoms with Crippen LogP contribution in [0, 0.1) is 11.3 Å². The van der Waals surface area contributed by atoms with Crippen molar-refractivity contribution in [2.75, 3.05) is 16.8 Å². The Balaban J connectivity index is 2.05. The first-order chi connectivity index (χ1) is 10.1. The predicted octanol–water partition coefficient (Wildman–Crippen LogP) is 2.04. The first-order valence-electron chi connectivity index (χ1n) is 5.69. The van der Waals surface area contributed by atoms with Crippen LogP contribution in [0.15, 0.2) is 17.6 Å². The molecule has 1 amide bonds. The maximum absolute atomic E-state index is 12.2. The molecule has 0 radical (unpaired) electrons. The SMILES string of the molecule is N#Cc1cc2c(N)c(C(=O)Nc3nccs3)sc2nc1N. The van der Waals surface area contributed by atoms with Gasteiger partial charge in [-0.25, -0.2) is 9.97 Å². The Labute approximate surface area is 126 Å². The summed E-state index contributed by atoms with van der Waals surface area (Å²) in [7, 11) is 0. The molecule has 3 rings (SSSR count). The summed E-state index contributed by atoms with van der Waals surface area (Å²) >= 11 is 2.44. The van der Waals surface area contributed by atoms with Gasteiger partial charge in [0.25, 0.3) is 5.91 Å². The highest BCUT2D eigenvalue weighted by atomic mass is 32.1. The molecule has 0 bridgehead atoms. The van der Waals surface area contributed by atoms with Gasteiger partial charge in [0.1, 0.15) is 21.6 Å². The molecule has 0 unspecified atom stereocenters. The van der Waals surface area contributed by atoms with E-state index in [2.05, 4.69) is 15.3 Å². The zero-order valence-corrected chi connectivity index (χ0v) is 12.1. The largest absolute Gasteiger partial charge is 0.397 e. The number of nitrogens with one attached hydrogen (secondary N) is 1. The number of nitrogens with two attached hydrogens (primary N) is 2. The molecule has 0 aliphatic rings. The van der Waals surface area contributed by atoms with E-state index < -0.39 is 0 Å². The second kappa shape index (κ2) is 5.01. The van der Waals surface area contributed by atoms with Gasteiger partial charge >= 0.3 is 0 Å². The minimum absolute atomic E-state index is 0.123. The minimum atomic E-state index is -0.359. The van der Waals surface area contributed by atoms with Crippen LogP contribution in [0.5, 0.6) is 0 Å². The van der Waals surface area contributed by atoms with Crippen molar-refractivity contribution in [3.05, 3.63) is 28.1 Å². The molecule has 5 N–H and O–H groups in total. The van der Waals surface area contributed by atoms with Crippen LogP contribution >= 0.6 is 22.7 Å². The van der Waals surface area contributed by atoms with Gasteiger partial charge in [-0.15, -0.1) is 22.7 Å². The molecule has 104 valence electrons. The third kappa shape index (κ3) is 2.26. The number of aromatic nitrogens is 2. The summed E-state index contributed by atoms with van der Waals surface area (Å²) < 4.78 is 0. The number of pyridine rings is 1. The zero-order valence-electron chi connectivity index (χ0n) is 10.5. The Morgan fingerprint density at radius 2 is 2.24 bits per heavy atom. The molecule has 7 nitrogen and oxygen atoms in total. The number of nitrogens with zero attached hydrogens (tertiary/aromatic N) is 3. The van der Waals surface area contributed by atoms with Gasteiger partial charge in [-0.2, -0.15) is 5.26 Å². The van der Waals surface area contributed by atoms with Crippen LogP contribution in [0.1, 0.15) is 15.2 Å². The van der Waals surface area contributed by atoms with Crippen LogP contribution in [-0.2, 0) is 0 Å². The molecule has 0 aliphatic carbocycles. The highest BCUT2D eigenvalue weighted by Gasteiger charge is 2.19. The smallest absolute Gasteiger partial charge is 0.269 e. The topological polar surface area (TPSA) is 131 Å². The second-order valence-corrected chi connectivity index (χ2v) is 5.92. The van der Waals surface area contributed by atoms with E-state index in [-0.39, 0.29) is 23.0 Å². The van der Waals surface area contributed by atoms with E-state index in [0.29, 0.717) is 20.2 Å². The summed E-state index contributed by atoms with van der Waals surface area (Å²) in [6, 6.07) is 3.49. The Bertz CT molecular complexity index is 877. The molecular formula is C12H8N6OS2. The average Bonchev–Trinajstić information content (AvgIpc) is 3.06. The number of thiazole rings is 1. The number of nitriles is 1. The van der Waals surface area contributed by atoms with Crippen molar-refractivity contribution in [1.29, 1.82) is 5.26 Å². The monoisotopic (exact) mass is 316 g/mol. The fraction of sp³-hybridized carbons (Fsp3) is 0. The molecule has 0 atom stereocenters. The summed E-state index contributed by atoms with van der Waals surface area (Å²) in [4.78, 5) is 21.1. The molecular weight excluding hydrogens is 308 g/mol. The van der Waals surface area contributed by atoms with Gasteiger partial charge in [-0.05, 0) is 6.07 Å². The minimum Gasteiger partial charge on any atom is -0.397 e. The van der Waals surface area contributed by atoms with Crippen LogP contribution < -0.4 is 16.8 Å². The Kier molecular flexibility index (Phi) is 3.17. The number of carbonyl (C=O) groups excluding carboxylic acids is 1. The quantitative estimate of drug-likeness (QED) is 0.663. The highest BCUT2D eigenvalue weighted by Crippen LogP contribution is 2.34. The molecule has 21 heavy (non-hydrogen) atoms. The normalized spacial score (nSPS) is 10.4. The number of fused-ring (bicyclic) bond motifs is 1. The van der Waals surface area contributed by atoms with Crippen molar-refractivity contribution in [2.45, 2.75) is 0 Å². The Hall–Kier alpha value is -2.70. The van der Waals surface area contributed by atoms with Crippen LogP contribution in [0.4, 0.5) is 16.6 Å². The van der Waals surface area contributed by atoms with Gasteiger partial charge in [0.05, 0.1) is 11.3 Å². The van der Waals surface area contributed by atoms with Crippen molar-refractivity contribution in [3.8, 4) is 6.07 Å². The molecule has 0 fully saturated rings. The number of carbonyl (C=O) groups is 1. The van der Waals surface area contributed by atoms with E-state index in [9.17, 15) is 4.79 Å². The molecule has 0 saturated heterocycles. The summed E-state index contributed by atoms with van der Waals surface area (Å²) in [5, 5.41) is 14.4. The van der Waals surface area contributed by atoms with E-state index in [0.717, 1.165) is 11.3 Å². The van der Waals surface area contributed by atoms with Crippen LogP contribution in [0.3, 0.4) is 0 Å². The Morgan fingerprint density at radius 3 is 2.90 bits per heavy atom. The number of nitrogen functional groups attached to an aromatic ring is 2. The maximum Gasteiger partial charge on any atom is 0.269 e. The summed E-state index contributed by atoms with van der Waals surface area (Å²) in [5.41, 5.74) is 12.2. The van der Waals surface area contributed by atoms with Crippen molar-refractivity contribution >= 4 is 55.4 Å². The lowest BCUT2D eigenvalue weighted by atomic mass is 10.2. The molecule has 9 heteroatoms. The third-order valence-corrected chi connectivity index (χ3v) is 4.53. The van der Waals surface area contributed by atoms with E-state index in [1.54, 1.807) is 17.6 Å². The van der Waals surface area contributed by atoms with Gasteiger partial charge in [0, 0.05) is 17.0 Å². The van der Waals surface area contributed by atoms with Crippen molar-refractivity contribution < 1.29 is 4.79 Å². The lowest BCUT2D eigenvalue weighted by molar-refractivity contribution is 0.103. The van der Waals surface area contributed by atoms with Crippen molar-refractivity contribution in [1.82, 2.24) is 9.97 Å². The highest BCUT2D eigenvalue weighted by molar-refractivity contribution is 7.21. The Morgan fingerprint density at radius 1 is 1.43 bits per heavy atom. The summed E-state index contributed by atoms with van der Waals surface area (Å²) in [5.74, 6) is -0.235. The maximum atomic E-state index is 12.2. The number of thiophene rings is 1. The third-order valence-electron chi connectivity index (χ3n) is 2.73. The van der Waals surface area contributed by atoms with Crippen LogP contribution in [-0.4, -0.2) is 15.9 Å². The molecule has 0 saturated carbocycles. The first-order valence-corrected chi connectivity index (χ1v) is 7.39. The molecule has 0 aliphatic heterocycles. The molecule has 3 heterocycles. The van der Waals surface area contributed by atoms with Gasteiger partial charge in [-0.1, -0.05) is 0 Å². The fourth-order valence-corrected chi connectivity index (χ4v) is 3.26.